The van der Waals surface area contributed by atoms with Gasteiger partial charge in [0.1, 0.15) is 10.3 Å². The number of H-pyrrole nitrogens is 1. The minimum Gasteiger partial charge on any atom is -0.296 e. The number of benzene rings is 1. The molecule has 1 N–H and O–H groups in total. The van der Waals surface area contributed by atoms with Gasteiger partial charge in [0.25, 0.3) is 6.43 Å². The van der Waals surface area contributed by atoms with Crippen molar-refractivity contribution in [1.82, 2.24) is 9.78 Å². The Morgan fingerprint density at radius 2 is 1.94 bits per heavy atom. The molecule has 1 heterocycles. The standard InChI is InChI=1S/C11H9BrF2N2S/c12-8-3-1-7(2-4-8)6-16-10(17)5-9(15-16)11(13)14/h1-5,11,15H,6H2. The van der Waals surface area contributed by atoms with Gasteiger partial charge in [-0.05, 0) is 17.7 Å². The zero-order chi connectivity index (χ0) is 12.4. The lowest BCUT2D eigenvalue weighted by atomic mass is 10.2. The highest BCUT2D eigenvalue weighted by molar-refractivity contribution is 9.10. The molecule has 0 saturated heterocycles. The molecule has 0 atom stereocenters. The van der Waals surface area contributed by atoms with Gasteiger partial charge in [0.2, 0.25) is 0 Å². The van der Waals surface area contributed by atoms with Crippen LogP contribution in [0, 0.1) is 4.64 Å². The van der Waals surface area contributed by atoms with Crippen LogP contribution < -0.4 is 0 Å². The van der Waals surface area contributed by atoms with E-state index in [0.29, 0.717) is 11.2 Å². The van der Waals surface area contributed by atoms with Gasteiger partial charge in [0.05, 0.1) is 6.54 Å². The van der Waals surface area contributed by atoms with Gasteiger partial charge >= 0.3 is 0 Å². The molecule has 0 spiro atoms. The average Bonchev–Trinajstić information content (AvgIpc) is 2.64. The Kier molecular flexibility index (Phi) is 3.73. The number of aromatic amines is 1. The van der Waals surface area contributed by atoms with Gasteiger partial charge in [0.15, 0.2) is 0 Å². The minimum absolute atomic E-state index is 0.146. The minimum atomic E-state index is -2.53. The number of hydrogen-bond acceptors (Lipinski definition) is 1. The fraction of sp³-hybridized carbons (Fsp3) is 0.182. The second-order valence-electron chi connectivity index (χ2n) is 3.56. The Morgan fingerprint density at radius 1 is 1.29 bits per heavy atom. The topological polar surface area (TPSA) is 20.7 Å². The van der Waals surface area contributed by atoms with E-state index in [2.05, 4.69) is 21.0 Å². The molecular formula is C11H9BrF2N2S. The molecule has 2 nitrogen and oxygen atoms in total. The number of aromatic nitrogens is 2. The van der Waals surface area contributed by atoms with Crippen molar-refractivity contribution in [2.24, 2.45) is 0 Å². The van der Waals surface area contributed by atoms with E-state index in [1.807, 2.05) is 24.3 Å². The van der Waals surface area contributed by atoms with Gasteiger partial charge in [-0.15, -0.1) is 0 Å². The Hall–Kier alpha value is -1.01. The molecule has 1 aromatic heterocycles. The Balaban J connectivity index is 2.24. The quantitative estimate of drug-likeness (QED) is 0.837. The van der Waals surface area contributed by atoms with Crippen LogP contribution in [0.2, 0.25) is 0 Å². The molecule has 6 heteroatoms. The number of nitrogens with zero attached hydrogens (tertiary/aromatic N) is 1. The van der Waals surface area contributed by atoms with Crippen molar-refractivity contribution >= 4 is 28.1 Å². The molecule has 0 radical (unpaired) electrons. The molecule has 90 valence electrons. The summed E-state index contributed by atoms with van der Waals surface area (Å²) >= 11 is 8.34. The fourth-order valence-corrected chi connectivity index (χ4v) is 1.96. The van der Waals surface area contributed by atoms with Crippen molar-refractivity contribution in [3.05, 3.63) is 50.7 Å². The van der Waals surface area contributed by atoms with Crippen molar-refractivity contribution in [2.75, 3.05) is 0 Å². The maximum atomic E-state index is 12.5. The first-order chi connectivity index (χ1) is 8.06. The molecule has 1 aromatic carbocycles. The van der Waals surface area contributed by atoms with E-state index in [4.69, 9.17) is 12.2 Å². The van der Waals surface area contributed by atoms with Crippen LogP contribution in [0.5, 0.6) is 0 Å². The van der Waals surface area contributed by atoms with Gasteiger partial charge in [-0.25, -0.2) is 8.78 Å². The van der Waals surface area contributed by atoms with Crippen molar-refractivity contribution < 1.29 is 8.78 Å². The zero-order valence-corrected chi connectivity index (χ0v) is 11.1. The summed E-state index contributed by atoms with van der Waals surface area (Å²) in [7, 11) is 0. The molecule has 0 aliphatic carbocycles. The maximum absolute atomic E-state index is 12.5. The number of nitrogens with one attached hydrogen (secondary N) is 1. The van der Waals surface area contributed by atoms with Crippen LogP contribution in [-0.4, -0.2) is 9.78 Å². The van der Waals surface area contributed by atoms with Gasteiger partial charge in [0, 0.05) is 10.5 Å². The van der Waals surface area contributed by atoms with Crippen LogP contribution in [0.3, 0.4) is 0 Å². The first-order valence-electron chi connectivity index (χ1n) is 4.88. The monoisotopic (exact) mass is 318 g/mol. The van der Waals surface area contributed by atoms with E-state index in [9.17, 15) is 8.78 Å². The summed E-state index contributed by atoms with van der Waals surface area (Å²) in [4.78, 5) is 0. The van der Waals surface area contributed by atoms with Crippen LogP contribution in [-0.2, 0) is 6.54 Å². The molecule has 0 fully saturated rings. The molecule has 0 aliphatic rings. The highest BCUT2D eigenvalue weighted by Crippen LogP contribution is 2.17. The average molecular weight is 319 g/mol. The lowest BCUT2D eigenvalue weighted by Gasteiger charge is -2.03. The van der Waals surface area contributed by atoms with Crippen molar-refractivity contribution in [3.63, 3.8) is 0 Å². The number of hydrogen-bond donors (Lipinski definition) is 1. The van der Waals surface area contributed by atoms with Gasteiger partial charge in [-0.3, -0.25) is 9.78 Å². The third kappa shape index (κ3) is 3.01. The Bertz CT molecular complexity index is 560. The van der Waals surface area contributed by atoms with E-state index in [1.165, 1.54) is 10.7 Å². The van der Waals surface area contributed by atoms with Crippen LogP contribution in [0.15, 0.2) is 34.8 Å². The summed E-state index contributed by atoms with van der Waals surface area (Å²) in [6.07, 6.45) is -2.53. The van der Waals surface area contributed by atoms with Crippen molar-refractivity contribution in [3.8, 4) is 0 Å². The molecule has 0 amide bonds. The fourth-order valence-electron chi connectivity index (χ4n) is 1.46. The number of halogens is 3. The summed E-state index contributed by atoms with van der Waals surface area (Å²) in [5.41, 5.74) is 0.846. The summed E-state index contributed by atoms with van der Waals surface area (Å²) in [6, 6.07) is 8.91. The second-order valence-corrected chi connectivity index (χ2v) is 4.90. The first kappa shape index (κ1) is 12.4. The summed E-state index contributed by atoms with van der Waals surface area (Å²) in [5, 5.41) is 2.59. The Labute approximate surface area is 110 Å². The van der Waals surface area contributed by atoms with E-state index < -0.39 is 6.43 Å². The second kappa shape index (κ2) is 5.10. The first-order valence-corrected chi connectivity index (χ1v) is 6.09. The van der Waals surface area contributed by atoms with Crippen LogP contribution >= 0.6 is 28.1 Å². The third-order valence-corrected chi connectivity index (χ3v) is 3.17. The van der Waals surface area contributed by atoms with Crippen molar-refractivity contribution in [1.29, 1.82) is 0 Å². The normalized spacial score (nSPS) is 11.1. The largest absolute Gasteiger partial charge is 0.296 e. The smallest absolute Gasteiger partial charge is 0.279 e. The molecule has 0 aliphatic heterocycles. The molecule has 2 rings (SSSR count). The van der Waals surface area contributed by atoms with Gasteiger partial charge in [-0.1, -0.05) is 40.3 Å². The van der Waals surface area contributed by atoms with E-state index in [0.717, 1.165) is 10.0 Å². The number of alkyl halides is 2. The lowest BCUT2D eigenvalue weighted by molar-refractivity contribution is 0.145. The summed E-state index contributed by atoms with van der Waals surface area (Å²) in [6.45, 7) is 0.457. The van der Waals surface area contributed by atoms with E-state index in [1.54, 1.807) is 0 Å². The highest BCUT2D eigenvalue weighted by atomic mass is 79.9. The molecule has 0 saturated carbocycles. The van der Waals surface area contributed by atoms with Crippen molar-refractivity contribution in [2.45, 2.75) is 13.0 Å². The zero-order valence-electron chi connectivity index (χ0n) is 8.66. The van der Waals surface area contributed by atoms with E-state index >= 15 is 0 Å². The van der Waals surface area contributed by atoms with Crippen LogP contribution in [0.4, 0.5) is 8.78 Å². The number of rotatable bonds is 3. The third-order valence-electron chi connectivity index (χ3n) is 2.30. The predicted octanol–water partition coefficient (Wildman–Crippen LogP) is 4.29. The molecule has 0 bridgehead atoms. The van der Waals surface area contributed by atoms with Gasteiger partial charge < -0.3 is 0 Å². The van der Waals surface area contributed by atoms with Crippen LogP contribution in [0.25, 0.3) is 0 Å². The van der Waals surface area contributed by atoms with Crippen LogP contribution in [0.1, 0.15) is 17.7 Å². The molecular weight excluding hydrogens is 310 g/mol. The summed E-state index contributed by atoms with van der Waals surface area (Å²) < 4.78 is 27.8. The lowest BCUT2D eigenvalue weighted by Crippen LogP contribution is -2.02. The maximum Gasteiger partial charge on any atom is 0.279 e. The predicted molar refractivity (Wildman–Crippen MR) is 67.8 cm³/mol. The molecule has 0 unspecified atom stereocenters. The highest BCUT2D eigenvalue weighted by Gasteiger charge is 2.10. The van der Waals surface area contributed by atoms with Gasteiger partial charge in [-0.2, -0.15) is 0 Å². The Morgan fingerprint density at radius 3 is 2.47 bits per heavy atom. The SMILES string of the molecule is FC(F)c1cc(=S)n(Cc2ccc(Br)cc2)[nH]1. The molecule has 17 heavy (non-hydrogen) atoms. The molecule has 2 aromatic rings. The summed E-state index contributed by atoms with van der Waals surface area (Å²) in [5.74, 6) is 0. The van der Waals surface area contributed by atoms with E-state index in [-0.39, 0.29) is 5.69 Å².